The highest BCUT2D eigenvalue weighted by Crippen LogP contribution is 2.37. The predicted molar refractivity (Wildman–Crippen MR) is 113 cm³/mol. The largest absolute Gasteiger partial charge is 0.330 e. The molecule has 0 saturated heterocycles. The molecule has 2 aromatic carbocycles. The molecule has 0 bridgehead atoms. The number of carbonyl (C=O) groups excluding carboxylic acids is 1. The fourth-order valence-corrected chi connectivity index (χ4v) is 4.45. The Hall–Kier alpha value is -4.02. The molecule has 0 fully saturated rings. The Kier molecular flexibility index (Phi) is 5.18. The minimum absolute atomic E-state index is 0.0607. The first-order valence-corrected chi connectivity index (χ1v) is 10.4. The first kappa shape index (κ1) is 21.8. The molecule has 1 aliphatic rings. The highest BCUT2D eigenvalue weighted by molar-refractivity contribution is 5.98. The Morgan fingerprint density at radius 2 is 1.71 bits per heavy atom. The molecule has 34 heavy (non-hydrogen) atoms. The number of hydrogen-bond acceptors (Lipinski definition) is 4. The topological polar surface area (TPSA) is 68.8 Å². The van der Waals surface area contributed by atoms with Gasteiger partial charge in [0.1, 0.15) is 5.69 Å². The standard InChI is InChI=1S/C23H18F4N6O/c1-12-20-14(21(31(2)30-20)13-10-17(25)19(27)18(26)11-13)6-9-32(12)23(34)15-4-3-5-16(24)22(15)33-28-7-8-29-33/h3-5,7-8,10-12H,6,9H2,1-2H3/t12-/m0/s1. The van der Waals surface area contributed by atoms with Gasteiger partial charge in [-0.25, -0.2) is 17.6 Å². The van der Waals surface area contributed by atoms with Crippen molar-refractivity contribution in [1.82, 2.24) is 29.7 Å². The van der Waals surface area contributed by atoms with Crippen molar-refractivity contribution in [3.63, 3.8) is 0 Å². The molecule has 7 nitrogen and oxygen atoms in total. The van der Waals surface area contributed by atoms with Crippen molar-refractivity contribution in [2.24, 2.45) is 7.05 Å². The van der Waals surface area contributed by atoms with Gasteiger partial charge in [0.25, 0.3) is 5.91 Å². The predicted octanol–water partition coefficient (Wildman–Crippen LogP) is 3.98. The summed E-state index contributed by atoms with van der Waals surface area (Å²) in [6, 6.07) is 5.49. The summed E-state index contributed by atoms with van der Waals surface area (Å²) in [7, 11) is 1.61. The number of fused-ring (bicyclic) bond motifs is 1. The lowest BCUT2D eigenvalue weighted by molar-refractivity contribution is 0.0672. The molecule has 0 radical (unpaired) electrons. The Morgan fingerprint density at radius 1 is 1.03 bits per heavy atom. The maximum absolute atomic E-state index is 14.6. The van der Waals surface area contributed by atoms with Gasteiger partial charge < -0.3 is 4.90 Å². The van der Waals surface area contributed by atoms with Crippen molar-refractivity contribution >= 4 is 5.91 Å². The van der Waals surface area contributed by atoms with Gasteiger partial charge in [0.15, 0.2) is 23.3 Å². The molecule has 0 aliphatic carbocycles. The molecule has 174 valence electrons. The van der Waals surface area contributed by atoms with Crippen LogP contribution in [0, 0.1) is 23.3 Å². The van der Waals surface area contributed by atoms with E-state index >= 15 is 0 Å². The summed E-state index contributed by atoms with van der Waals surface area (Å²) in [5, 5.41) is 12.4. The lowest BCUT2D eigenvalue weighted by Crippen LogP contribution is -2.39. The molecule has 0 N–H and O–H groups in total. The minimum atomic E-state index is -1.54. The lowest BCUT2D eigenvalue weighted by atomic mass is 9.94. The average molecular weight is 470 g/mol. The smallest absolute Gasteiger partial charge is 0.256 e. The van der Waals surface area contributed by atoms with Crippen LogP contribution in [0.2, 0.25) is 0 Å². The SMILES string of the molecule is C[C@H]1c2nn(C)c(-c3cc(F)c(F)c(F)c3)c2CCN1C(=O)c1cccc(F)c1-n1nccn1. The number of amides is 1. The number of rotatable bonds is 3. The average Bonchev–Trinajstić information content (AvgIpc) is 3.45. The number of aryl methyl sites for hydroxylation is 1. The third kappa shape index (κ3) is 3.35. The number of benzene rings is 2. The van der Waals surface area contributed by atoms with Crippen LogP contribution in [0.15, 0.2) is 42.7 Å². The third-order valence-electron chi connectivity index (χ3n) is 6.00. The van der Waals surface area contributed by atoms with Crippen LogP contribution in [0.4, 0.5) is 17.6 Å². The monoisotopic (exact) mass is 470 g/mol. The summed E-state index contributed by atoms with van der Waals surface area (Å²) in [6.07, 6.45) is 3.10. The van der Waals surface area contributed by atoms with E-state index in [9.17, 15) is 22.4 Å². The molecule has 1 aliphatic heterocycles. The molecule has 1 amide bonds. The summed E-state index contributed by atoms with van der Waals surface area (Å²) in [4.78, 5) is 16.1. The van der Waals surface area contributed by atoms with Crippen molar-refractivity contribution in [3.05, 3.63) is 82.8 Å². The first-order valence-electron chi connectivity index (χ1n) is 10.4. The number of para-hydroxylation sites is 1. The fourth-order valence-electron chi connectivity index (χ4n) is 4.45. The summed E-state index contributed by atoms with van der Waals surface area (Å²) < 4.78 is 57.3. The van der Waals surface area contributed by atoms with Gasteiger partial charge in [-0.2, -0.15) is 15.3 Å². The molecular weight excluding hydrogens is 452 g/mol. The molecule has 0 spiro atoms. The van der Waals surface area contributed by atoms with Crippen LogP contribution in [0.1, 0.15) is 34.6 Å². The van der Waals surface area contributed by atoms with Crippen LogP contribution in [0.25, 0.3) is 16.9 Å². The lowest BCUT2D eigenvalue weighted by Gasteiger charge is -2.33. The van der Waals surface area contributed by atoms with Crippen LogP contribution >= 0.6 is 0 Å². The molecule has 4 aromatic rings. The number of aromatic nitrogens is 5. The third-order valence-corrected chi connectivity index (χ3v) is 6.00. The van der Waals surface area contributed by atoms with Gasteiger partial charge in [-0.05, 0) is 37.6 Å². The van der Waals surface area contributed by atoms with Gasteiger partial charge in [0, 0.05) is 24.7 Å². The normalized spacial score (nSPS) is 15.5. The first-order chi connectivity index (χ1) is 16.3. The summed E-state index contributed by atoms with van der Waals surface area (Å²) in [5.41, 5.74) is 1.87. The van der Waals surface area contributed by atoms with Crippen molar-refractivity contribution in [3.8, 4) is 16.9 Å². The van der Waals surface area contributed by atoms with E-state index in [1.165, 1.54) is 35.3 Å². The van der Waals surface area contributed by atoms with Crippen LogP contribution in [-0.2, 0) is 13.5 Å². The van der Waals surface area contributed by atoms with Gasteiger partial charge in [0.2, 0.25) is 0 Å². The van der Waals surface area contributed by atoms with E-state index in [-0.39, 0.29) is 23.4 Å². The summed E-state index contributed by atoms with van der Waals surface area (Å²) in [6.45, 7) is 2.02. The number of hydrogen-bond donors (Lipinski definition) is 0. The Labute approximate surface area is 191 Å². The van der Waals surface area contributed by atoms with E-state index in [1.807, 2.05) is 0 Å². The van der Waals surface area contributed by atoms with Crippen molar-refractivity contribution in [2.75, 3.05) is 6.54 Å². The summed E-state index contributed by atoms with van der Waals surface area (Å²) in [5.74, 6) is -5.21. The molecule has 2 aromatic heterocycles. The molecule has 5 rings (SSSR count). The second-order valence-corrected chi connectivity index (χ2v) is 7.97. The molecule has 0 unspecified atom stereocenters. The highest BCUT2D eigenvalue weighted by Gasteiger charge is 2.35. The maximum atomic E-state index is 14.6. The van der Waals surface area contributed by atoms with Gasteiger partial charge in [-0.1, -0.05) is 6.07 Å². The highest BCUT2D eigenvalue weighted by atomic mass is 19.2. The van der Waals surface area contributed by atoms with Gasteiger partial charge in [-0.15, -0.1) is 4.80 Å². The molecular formula is C23H18F4N6O. The van der Waals surface area contributed by atoms with Crippen LogP contribution in [-0.4, -0.2) is 42.1 Å². The number of halogens is 4. The van der Waals surface area contributed by atoms with E-state index in [0.29, 0.717) is 23.4 Å². The van der Waals surface area contributed by atoms with E-state index in [2.05, 4.69) is 15.3 Å². The van der Waals surface area contributed by atoms with Crippen molar-refractivity contribution < 1.29 is 22.4 Å². The second-order valence-electron chi connectivity index (χ2n) is 7.97. The Morgan fingerprint density at radius 3 is 2.38 bits per heavy atom. The zero-order valence-electron chi connectivity index (χ0n) is 18.1. The van der Waals surface area contributed by atoms with Gasteiger partial charge in [-0.3, -0.25) is 9.48 Å². The minimum Gasteiger partial charge on any atom is -0.330 e. The Balaban J connectivity index is 1.54. The molecule has 3 heterocycles. The van der Waals surface area contributed by atoms with Crippen molar-refractivity contribution in [1.29, 1.82) is 0 Å². The number of carbonyl (C=O) groups is 1. The number of nitrogens with zero attached hydrogens (tertiary/aromatic N) is 6. The fraction of sp³-hybridized carbons (Fsp3) is 0.217. The van der Waals surface area contributed by atoms with E-state index in [1.54, 1.807) is 18.9 Å². The second kappa shape index (κ2) is 8.08. The maximum Gasteiger partial charge on any atom is 0.256 e. The van der Waals surface area contributed by atoms with Gasteiger partial charge >= 0.3 is 0 Å². The van der Waals surface area contributed by atoms with E-state index in [0.717, 1.165) is 16.9 Å². The van der Waals surface area contributed by atoms with Crippen molar-refractivity contribution in [2.45, 2.75) is 19.4 Å². The molecule has 1 atom stereocenters. The molecule has 11 heteroatoms. The Bertz CT molecular complexity index is 1390. The van der Waals surface area contributed by atoms with Crippen LogP contribution in [0.3, 0.4) is 0 Å². The van der Waals surface area contributed by atoms with Gasteiger partial charge in [0.05, 0.1) is 35.4 Å². The van der Waals surface area contributed by atoms with E-state index < -0.39 is 35.2 Å². The zero-order chi connectivity index (χ0) is 24.1. The van der Waals surface area contributed by atoms with E-state index in [4.69, 9.17) is 0 Å². The molecule has 0 saturated carbocycles. The van der Waals surface area contributed by atoms with Crippen LogP contribution in [0.5, 0.6) is 0 Å². The zero-order valence-corrected chi connectivity index (χ0v) is 18.1. The van der Waals surface area contributed by atoms with Crippen LogP contribution < -0.4 is 0 Å². The quantitative estimate of drug-likeness (QED) is 0.336. The summed E-state index contributed by atoms with van der Waals surface area (Å²) >= 11 is 0.